The lowest BCUT2D eigenvalue weighted by molar-refractivity contribution is -0.115. The third-order valence-corrected chi connectivity index (χ3v) is 5.56. The molecule has 0 radical (unpaired) electrons. The summed E-state index contributed by atoms with van der Waals surface area (Å²) in [5.41, 5.74) is 3.14. The van der Waals surface area contributed by atoms with E-state index < -0.39 is 5.97 Å². The van der Waals surface area contributed by atoms with Crippen LogP contribution < -0.4 is 10.6 Å². The summed E-state index contributed by atoms with van der Waals surface area (Å²) in [6.45, 7) is 2.23. The Labute approximate surface area is 174 Å². The molecule has 150 valence electrons. The van der Waals surface area contributed by atoms with Gasteiger partial charge in [0.15, 0.2) is 0 Å². The van der Waals surface area contributed by atoms with Gasteiger partial charge in [0.1, 0.15) is 0 Å². The molecule has 0 aliphatic carbocycles. The second-order valence-corrected chi connectivity index (χ2v) is 7.49. The van der Waals surface area contributed by atoms with E-state index in [4.69, 9.17) is 4.74 Å². The Morgan fingerprint density at radius 2 is 1.79 bits per heavy atom. The minimum Gasteiger partial charge on any atom is -0.465 e. The minimum absolute atomic E-state index is 0.0810. The molecule has 1 amide bonds. The number of carbonyl (C=O) groups is 2. The van der Waals surface area contributed by atoms with Crippen molar-refractivity contribution in [2.45, 2.75) is 19.4 Å². The van der Waals surface area contributed by atoms with E-state index in [0.29, 0.717) is 11.3 Å². The van der Waals surface area contributed by atoms with E-state index in [1.54, 1.807) is 35.6 Å². The number of hydrogen-bond acceptors (Lipinski definition) is 5. The number of rotatable bonds is 8. The Morgan fingerprint density at radius 3 is 2.45 bits per heavy atom. The molecular weight excluding hydrogens is 384 g/mol. The van der Waals surface area contributed by atoms with Crippen LogP contribution in [0, 0.1) is 0 Å². The van der Waals surface area contributed by atoms with Crippen LogP contribution in [0.4, 0.5) is 5.69 Å². The van der Waals surface area contributed by atoms with Gasteiger partial charge in [-0.1, -0.05) is 49.4 Å². The average Bonchev–Trinajstić information content (AvgIpc) is 3.29. The van der Waals surface area contributed by atoms with Crippen molar-refractivity contribution >= 4 is 28.9 Å². The smallest absolute Gasteiger partial charge is 0.339 e. The van der Waals surface area contributed by atoms with Crippen LogP contribution in [0.5, 0.6) is 0 Å². The lowest BCUT2D eigenvalue weighted by Gasteiger charge is -2.18. The van der Waals surface area contributed by atoms with Crippen LogP contribution in [0.25, 0.3) is 0 Å². The van der Waals surface area contributed by atoms with Crippen LogP contribution in [-0.2, 0) is 16.0 Å². The van der Waals surface area contributed by atoms with Gasteiger partial charge in [0.25, 0.3) is 0 Å². The zero-order valence-electron chi connectivity index (χ0n) is 16.5. The van der Waals surface area contributed by atoms with Gasteiger partial charge in [-0.05, 0) is 41.1 Å². The van der Waals surface area contributed by atoms with Crippen molar-refractivity contribution in [3.05, 3.63) is 87.6 Å². The first kappa shape index (κ1) is 20.8. The lowest BCUT2D eigenvalue weighted by Crippen LogP contribution is -2.32. The van der Waals surface area contributed by atoms with Gasteiger partial charge in [0.2, 0.25) is 5.91 Å². The van der Waals surface area contributed by atoms with Crippen LogP contribution in [-0.4, -0.2) is 25.5 Å². The third-order valence-electron chi connectivity index (χ3n) is 4.62. The Bertz CT molecular complexity index is 953. The first-order valence-electron chi connectivity index (χ1n) is 9.45. The number of hydrogen-bond donors (Lipinski definition) is 2. The molecule has 0 saturated heterocycles. The maximum atomic E-state index is 12.6. The van der Waals surface area contributed by atoms with Crippen molar-refractivity contribution in [2.75, 3.05) is 19.0 Å². The number of methoxy groups -OCH3 is 1. The minimum atomic E-state index is -0.485. The Kier molecular flexibility index (Phi) is 7.16. The third kappa shape index (κ3) is 5.31. The number of para-hydroxylation sites is 1. The van der Waals surface area contributed by atoms with Crippen LogP contribution in [0.1, 0.15) is 39.3 Å². The Hall–Kier alpha value is -2.96. The molecule has 0 saturated carbocycles. The number of nitrogens with one attached hydrogen (secondary N) is 2. The van der Waals surface area contributed by atoms with Crippen molar-refractivity contribution in [1.82, 2.24) is 5.32 Å². The summed E-state index contributed by atoms with van der Waals surface area (Å²) in [5.74, 6) is -0.713. The molecule has 29 heavy (non-hydrogen) atoms. The molecule has 2 aromatic carbocycles. The fraction of sp³-hybridized carbons (Fsp3) is 0.217. The van der Waals surface area contributed by atoms with Gasteiger partial charge < -0.3 is 10.1 Å². The van der Waals surface area contributed by atoms with Gasteiger partial charge in [0.05, 0.1) is 30.9 Å². The fourth-order valence-electron chi connectivity index (χ4n) is 3.05. The highest BCUT2D eigenvalue weighted by Crippen LogP contribution is 2.26. The normalized spacial score (nSPS) is 11.7. The van der Waals surface area contributed by atoms with Crippen molar-refractivity contribution in [1.29, 1.82) is 0 Å². The van der Waals surface area contributed by atoms with Crippen LogP contribution in [0.3, 0.4) is 0 Å². The Morgan fingerprint density at radius 1 is 1.03 bits per heavy atom. The number of benzene rings is 2. The topological polar surface area (TPSA) is 67.4 Å². The predicted molar refractivity (Wildman–Crippen MR) is 116 cm³/mol. The van der Waals surface area contributed by atoms with Gasteiger partial charge >= 0.3 is 5.97 Å². The first-order valence-corrected chi connectivity index (χ1v) is 10.3. The SMILES string of the molecule is CCc1ccc([C@H](NCC(=O)Nc2ccccc2C(=O)OC)c2cccs2)cc1. The highest BCUT2D eigenvalue weighted by molar-refractivity contribution is 7.10. The number of ether oxygens (including phenoxy) is 1. The summed E-state index contributed by atoms with van der Waals surface area (Å²) in [5, 5.41) is 8.16. The fourth-order valence-corrected chi connectivity index (χ4v) is 3.88. The molecule has 6 heteroatoms. The van der Waals surface area contributed by atoms with Crippen LogP contribution in [0.15, 0.2) is 66.0 Å². The summed E-state index contributed by atoms with van der Waals surface area (Å²) in [4.78, 5) is 25.6. The number of thiophene rings is 1. The second kappa shape index (κ2) is 10.0. The largest absolute Gasteiger partial charge is 0.465 e. The van der Waals surface area contributed by atoms with Gasteiger partial charge in [-0.2, -0.15) is 0 Å². The summed E-state index contributed by atoms with van der Waals surface area (Å²) in [6, 6.07) is 19.2. The number of aryl methyl sites for hydroxylation is 1. The summed E-state index contributed by atoms with van der Waals surface area (Å²) < 4.78 is 4.78. The molecule has 2 N–H and O–H groups in total. The highest BCUT2D eigenvalue weighted by atomic mass is 32.1. The molecule has 0 bridgehead atoms. The van der Waals surface area contributed by atoms with Crippen LogP contribution >= 0.6 is 11.3 Å². The molecule has 0 aliphatic heterocycles. The van der Waals surface area contributed by atoms with Gasteiger partial charge in [0, 0.05) is 4.88 Å². The summed E-state index contributed by atoms with van der Waals surface area (Å²) in [7, 11) is 1.32. The molecule has 3 rings (SSSR count). The van der Waals surface area contributed by atoms with Crippen molar-refractivity contribution in [2.24, 2.45) is 0 Å². The zero-order valence-corrected chi connectivity index (χ0v) is 17.3. The molecule has 1 heterocycles. The van der Waals surface area contributed by atoms with E-state index in [0.717, 1.165) is 16.9 Å². The van der Waals surface area contributed by atoms with E-state index in [1.165, 1.54) is 12.7 Å². The van der Waals surface area contributed by atoms with E-state index >= 15 is 0 Å². The van der Waals surface area contributed by atoms with Crippen molar-refractivity contribution < 1.29 is 14.3 Å². The quantitative estimate of drug-likeness (QED) is 0.542. The summed E-state index contributed by atoms with van der Waals surface area (Å²) in [6.07, 6.45) is 0.986. The number of anilines is 1. The lowest BCUT2D eigenvalue weighted by atomic mass is 10.0. The molecule has 0 unspecified atom stereocenters. The van der Waals surface area contributed by atoms with E-state index in [-0.39, 0.29) is 18.5 Å². The Balaban J connectivity index is 1.71. The van der Waals surface area contributed by atoms with Crippen LogP contribution in [0.2, 0.25) is 0 Å². The second-order valence-electron chi connectivity index (χ2n) is 6.51. The summed E-state index contributed by atoms with van der Waals surface area (Å²) >= 11 is 1.65. The molecule has 5 nitrogen and oxygen atoms in total. The first-order chi connectivity index (χ1) is 14.1. The standard InChI is InChI=1S/C23H24N2O3S/c1-3-16-10-12-17(13-11-16)22(20-9-6-14-29-20)24-15-21(26)25-19-8-5-4-7-18(19)23(27)28-2/h4-14,22,24H,3,15H2,1-2H3,(H,25,26)/t22-/m0/s1. The van der Waals surface area contributed by atoms with E-state index in [1.807, 2.05) is 11.4 Å². The molecule has 1 aromatic heterocycles. The highest BCUT2D eigenvalue weighted by Gasteiger charge is 2.18. The monoisotopic (exact) mass is 408 g/mol. The molecule has 0 spiro atoms. The maximum Gasteiger partial charge on any atom is 0.339 e. The van der Waals surface area contributed by atoms with E-state index in [2.05, 4.69) is 47.9 Å². The molecule has 3 aromatic rings. The number of carbonyl (C=O) groups excluding carboxylic acids is 2. The molecule has 1 atom stereocenters. The predicted octanol–water partition coefficient (Wildman–Crippen LogP) is 4.41. The number of esters is 1. The average molecular weight is 409 g/mol. The number of amides is 1. The van der Waals surface area contributed by atoms with Gasteiger partial charge in [-0.25, -0.2) is 4.79 Å². The maximum absolute atomic E-state index is 12.6. The van der Waals surface area contributed by atoms with Gasteiger partial charge in [-0.15, -0.1) is 11.3 Å². The van der Waals surface area contributed by atoms with Gasteiger partial charge in [-0.3, -0.25) is 10.1 Å². The van der Waals surface area contributed by atoms with E-state index in [9.17, 15) is 9.59 Å². The van der Waals surface area contributed by atoms with Crippen molar-refractivity contribution in [3.63, 3.8) is 0 Å². The van der Waals surface area contributed by atoms with Crippen molar-refractivity contribution in [3.8, 4) is 0 Å². The zero-order chi connectivity index (χ0) is 20.6. The molecule has 0 aliphatic rings. The molecule has 0 fully saturated rings. The molecular formula is C23H24N2O3S.